The molecule has 0 aromatic heterocycles. The lowest BCUT2D eigenvalue weighted by Crippen LogP contribution is -2.43. The number of hydrogen-bond donors (Lipinski definition) is 7. The van der Waals surface area contributed by atoms with E-state index in [1.54, 1.807) is 0 Å². The molecule has 15 heteroatoms. The molecule has 2 unspecified atom stereocenters. The van der Waals surface area contributed by atoms with E-state index >= 15 is 0 Å². The summed E-state index contributed by atoms with van der Waals surface area (Å²) >= 11 is 5.49. The normalized spacial score (nSPS) is 12.7. The molecule has 35 heavy (non-hydrogen) atoms. The number of nitrogens with zero attached hydrogens (tertiary/aromatic N) is 2. The summed E-state index contributed by atoms with van der Waals surface area (Å²) in [5, 5.41) is 59.7. The minimum absolute atomic E-state index is 0.00399. The molecule has 1 aromatic rings. The smallest absolute Gasteiger partial charge is 0.256 e. The molecule has 198 valence electrons. The predicted molar refractivity (Wildman–Crippen MR) is 151 cm³/mol. The zero-order chi connectivity index (χ0) is 26.9. The third-order valence-electron chi connectivity index (χ3n) is 4.65. The molecular weight excluding hydrogens is 807 g/mol. The molecule has 1 rings (SSSR count). The Morgan fingerprint density at radius 2 is 1.46 bits per heavy atom. The molecule has 0 fully saturated rings. The van der Waals surface area contributed by atoms with E-state index in [9.17, 15) is 39.9 Å². The number of carbonyl (C=O) groups excluding carboxylic acids is 3. The molecule has 0 saturated carbocycles. The molecule has 0 radical (unpaired) electrons. The minimum Gasteiger partial charge on any atom is -0.395 e. The van der Waals surface area contributed by atoms with Crippen LogP contribution in [0.25, 0.3) is 0 Å². The summed E-state index contributed by atoms with van der Waals surface area (Å²) < 4.78 is 0.731. The molecule has 0 bridgehead atoms. The van der Waals surface area contributed by atoms with E-state index in [1.807, 2.05) is 67.8 Å². The SMILES string of the molecule is CC(O)C(=O)N(CCO)c1c(I)c(C(=O)NCCO)c(I)c(C(=O)N(CCO)CC(O)CO)c1I. The monoisotopic (exact) mass is 835 g/mol. The molecule has 2 atom stereocenters. The van der Waals surface area contributed by atoms with Crippen molar-refractivity contribution >= 4 is 91.2 Å². The van der Waals surface area contributed by atoms with Crippen LogP contribution in [0.5, 0.6) is 0 Å². The molecule has 3 amide bonds. The van der Waals surface area contributed by atoms with Crippen LogP contribution in [0.3, 0.4) is 0 Å². The topological polar surface area (TPSA) is 191 Å². The number of carbonyl (C=O) groups is 3. The van der Waals surface area contributed by atoms with Gasteiger partial charge in [0.1, 0.15) is 6.10 Å². The van der Waals surface area contributed by atoms with Crippen LogP contribution >= 0.6 is 67.8 Å². The first kappa shape index (κ1) is 32.6. The average Bonchev–Trinajstić information content (AvgIpc) is 2.80. The number of nitrogens with one attached hydrogen (secondary N) is 1. The summed E-state index contributed by atoms with van der Waals surface area (Å²) in [7, 11) is 0. The number of hydrogen-bond acceptors (Lipinski definition) is 9. The van der Waals surface area contributed by atoms with Gasteiger partial charge in [-0.2, -0.15) is 0 Å². The first-order valence-electron chi connectivity index (χ1n) is 10.4. The Morgan fingerprint density at radius 3 is 1.94 bits per heavy atom. The first-order valence-corrected chi connectivity index (χ1v) is 13.6. The zero-order valence-corrected chi connectivity index (χ0v) is 25.2. The van der Waals surface area contributed by atoms with Crippen molar-refractivity contribution in [1.82, 2.24) is 10.2 Å². The number of rotatable bonds is 13. The number of aliphatic hydroxyl groups excluding tert-OH is 6. The van der Waals surface area contributed by atoms with Gasteiger partial charge in [-0.15, -0.1) is 0 Å². The summed E-state index contributed by atoms with van der Waals surface area (Å²) in [5.74, 6) is -2.07. The molecule has 12 nitrogen and oxygen atoms in total. The summed E-state index contributed by atoms with van der Waals surface area (Å²) in [6.45, 7) is -1.39. The van der Waals surface area contributed by atoms with Gasteiger partial charge in [0, 0.05) is 29.7 Å². The van der Waals surface area contributed by atoms with E-state index in [2.05, 4.69) is 5.32 Å². The van der Waals surface area contributed by atoms with Crippen LogP contribution in [0, 0.1) is 10.7 Å². The van der Waals surface area contributed by atoms with Gasteiger partial charge in [0.25, 0.3) is 17.7 Å². The van der Waals surface area contributed by atoms with Gasteiger partial charge >= 0.3 is 0 Å². The van der Waals surface area contributed by atoms with E-state index in [-0.39, 0.29) is 60.3 Å². The first-order chi connectivity index (χ1) is 16.5. The van der Waals surface area contributed by atoms with Crippen molar-refractivity contribution < 1.29 is 45.0 Å². The maximum Gasteiger partial charge on any atom is 0.256 e. The molecule has 0 heterocycles. The van der Waals surface area contributed by atoms with Crippen LogP contribution < -0.4 is 10.2 Å². The van der Waals surface area contributed by atoms with E-state index in [0.717, 1.165) is 9.80 Å². The molecule has 1 aromatic carbocycles. The van der Waals surface area contributed by atoms with Gasteiger partial charge in [0.05, 0.1) is 56.5 Å². The third kappa shape index (κ3) is 8.28. The van der Waals surface area contributed by atoms with Crippen molar-refractivity contribution in [1.29, 1.82) is 0 Å². The summed E-state index contributed by atoms with van der Waals surface area (Å²) in [6.07, 6.45) is -2.72. The molecule has 0 aliphatic rings. The van der Waals surface area contributed by atoms with Gasteiger partial charge < -0.3 is 45.8 Å². The number of benzene rings is 1. The van der Waals surface area contributed by atoms with Crippen LogP contribution in [0.1, 0.15) is 27.6 Å². The number of halogens is 3. The van der Waals surface area contributed by atoms with Crippen molar-refractivity contribution in [3.8, 4) is 0 Å². The van der Waals surface area contributed by atoms with Crippen LogP contribution in [-0.2, 0) is 4.79 Å². The Kier molecular flexibility index (Phi) is 14.7. The fourth-order valence-corrected chi connectivity index (χ4v) is 7.76. The number of anilines is 1. The van der Waals surface area contributed by atoms with E-state index in [0.29, 0.717) is 0 Å². The molecular formula is C20H28I3N3O9. The Labute approximate surface area is 243 Å². The Bertz CT molecular complexity index is 918. The van der Waals surface area contributed by atoms with Crippen molar-refractivity contribution in [2.24, 2.45) is 0 Å². The Balaban J connectivity index is 3.94. The second-order valence-corrected chi connectivity index (χ2v) is 10.5. The van der Waals surface area contributed by atoms with Crippen molar-refractivity contribution in [2.45, 2.75) is 19.1 Å². The molecule has 0 saturated heterocycles. The predicted octanol–water partition coefficient (Wildman–Crippen LogP) is -1.28. The lowest BCUT2D eigenvalue weighted by molar-refractivity contribution is -0.125. The van der Waals surface area contributed by atoms with Gasteiger partial charge in [0.2, 0.25) is 0 Å². The lowest BCUT2D eigenvalue weighted by Gasteiger charge is -2.30. The second-order valence-electron chi connectivity index (χ2n) is 7.22. The molecule has 0 aliphatic carbocycles. The van der Waals surface area contributed by atoms with Gasteiger partial charge in [0.15, 0.2) is 0 Å². The van der Waals surface area contributed by atoms with Crippen LogP contribution in [0.15, 0.2) is 0 Å². The maximum absolute atomic E-state index is 13.6. The largest absolute Gasteiger partial charge is 0.395 e. The van der Waals surface area contributed by atoms with Gasteiger partial charge in [-0.25, -0.2) is 0 Å². The van der Waals surface area contributed by atoms with Crippen LogP contribution in [-0.4, -0.2) is 118 Å². The fourth-order valence-electron chi connectivity index (χ4n) is 3.06. The highest BCUT2D eigenvalue weighted by Gasteiger charge is 2.34. The van der Waals surface area contributed by atoms with Crippen molar-refractivity contribution in [3.63, 3.8) is 0 Å². The van der Waals surface area contributed by atoms with E-state index in [1.165, 1.54) is 6.92 Å². The van der Waals surface area contributed by atoms with Gasteiger partial charge in [-0.1, -0.05) is 0 Å². The highest BCUT2D eigenvalue weighted by molar-refractivity contribution is 14.1. The summed E-state index contributed by atoms with van der Waals surface area (Å²) in [6, 6.07) is 0. The third-order valence-corrected chi connectivity index (χ3v) is 7.83. The quantitative estimate of drug-likeness (QED) is 0.119. The highest BCUT2D eigenvalue weighted by atomic mass is 127. The Hall–Kier alpha value is -0.420. The number of aliphatic hydroxyl groups is 6. The van der Waals surface area contributed by atoms with Gasteiger partial charge in [-0.3, -0.25) is 14.4 Å². The molecule has 0 spiro atoms. The number of amides is 3. The second kappa shape index (κ2) is 15.7. The van der Waals surface area contributed by atoms with Crippen molar-refractivity contribution in [3.05, 3.63) is 21.8 Å². The standard InChI is InChI=1S/C20H28I3N3O9/c1-10(31)19(34)26(4-7-29)17-15(22)12(18(33)24-2-5-27)14(21)13(16(17)23)20(35)25(3-6-28)8-11(32)9-30/h10-11,27-32H,2-9H2,1H3,(H,24,33). The van der Waals surface area contributed by atoms with E-state index in [4.69, 9.17) is 5.11 Å². The van der Waals surface area contributed by atoms with Crippen LogP contribution in [0.4, 0.5) is 5.69 Å². The summed E-state index contributed by atoms with van der Waals surface area (Å²) in [5.41, 5.74) is 0.151. The molecule has 7 N–H and O–H groups in total. The summed E-state index contributed by atoms with van der Waals surface area (Å²) in [4.78, 5) is 41.6. The Morgan fingerprint density at radius 1 is 0.886 bits per heavy atom. The van der Waals surface area contributed by atoms with Crippen molar-refractivity contribution in [2.75, 3.05) is 57.5 Å². The van der Waals surface area contributed by atoms with Crippen LogP contribution in [0.2, 0.25) is 0 Å². The maximum atomic E-state index is 13.6. The highest BCUT2D eigenvalue weighted by Crippen LogP contribution is 2.38. The lowest BCUT2D eigenvalue weighted by atomic mass is 10.1. The fraction of sp³-hybridized carbons (Fsp3) is 0.550. The van der Waals surface area contributed by atoms with E-state index < -0.39 is 49.8 Å². The van der Waals surface area contributed by atoms with Gasteiger partial charge in [-0.05, 0) is 74.7 Å². The zero-order valence-electron chi connectivity index (χ0n) is 18.7. The minimum atomic E-state index is -1.44. The molecule has 0 aliphatic heterocycles. The average molecular weight is 835 g/mol.